The van der Waals surface area contributed by atoms with Crippen LogP contribution in [0.1, 0.15) is 0 Å². The van der Waals surface area contributed by atoms with Crippen molar-refractivity contribution in [3.63, 3.8) is 0 Å². The first kappa shape index (κ1) is 24.9. The van der Waals surface area contributed by atoms with Gasteiger partial charge in [0.2, 0.25) is 11.9 Å². The fraction of sp³-hybridized carbons (Fsp3) is 0.250. The summed E-state index contributed by atoms with van der Waals surface area (Å²) in [6.45, 7) is -0.313. The molecule has 0 unspecified atom stereocenters. The van der Waals surface area contributed by atoms with E-state index >= 15 is 0 Å². The number of nitrogens with one attached hydrogen (secondary N) is 2. The molecule has 12 nitrogen and oxygen atoms in total. The Kier molecular flexibility index (Phi) is 6.75. The molecule has 2 heterocycles. The molecule has 4 aromatic rings. The molecule has 4 N–H and O–H groups in total. The van der Waals surface area contributed by atoms with Crippen LogP contribution in [0.25, 0.3) is 22.2 Å². The minimum absolute atomic E-state index is 0.144. The number of anilines is 3. The van der Waals surface area contributed by atoms with Crippen molar-refractivity contribution in [3.8, 4) is 17.0 Å². The van der Waals surface area contributed by atoms with E-state index < -0.39 is 10.8 Å². The van der Waals surface area contributed by atoms with Gasteiger partial charge in [0.25, 0.3) is 5.69 Å². The highest BCUT2D eigenvalue weighted by Gasteiger charge is 2.31. The number of nitro benzene ring substituents is 1. The summed E-state index contributed by atoms with van der Waals surface area (Å²) in [5, 5.41) is 36.3. The molecule has 0 fully saturated rings. The van der Waals surface area contributed by atoms with E-state index in [-0.39, 0.29) is 35.3 Å². The van der Waals surface area contributed by atoms with Crippen LogP contribution in [0.5, 0.6) is 5.75 Å². The van der Waals surface area contributed by atoms with Gasteiger partial charge in [0.15, 0.2) is 0 Å². The number of nitrogens with zero attached hydrogens (tertiary/aromatic N) is 5. The van der Waals surface area contributed by atoms with E-state index in [9.17, 15) is 20.3 Å². The van der Waals surface area contributed by atoms with Crippen molar-refractivity contribution in [1.82, 2.24) is 19.9 Å². The van der Waals surface area contributed by atoms with Crippen LogP contribution in [-0.2, 0) is 0 Å². The van der Waals surface area contributed by atoms with Crippen LogP contribution in [0.15, 0.2) is 54.9 Å². The molecule has 0 aliphatic heterocycles. The zero-order valence-electron chi connectivity index (χ0n) is 20.3. The number of H-pyrrole nitrogens is 1. The maximum atomic E-state index is 11.9. The number of para-hydroxylation sites is 1. The van der Waals surface area contributed by atoms with E-state index in [1.54, 1.807) is 12.3 Å². The molecule has 0 spiro atoms. The predicted molar refractivity (Wildman–Crippen MR) is 136 cm³/mol. The van der Waals surface area contributed by atoms with Crippen molar-refractivity contribution in [1.29, 1.82) is 0 Å². The molecule has 2 aromatic heterocycles. The molecule has 0 bridgehead atoms. The number of methoxy groups -OCH3 is 1. The van der Waals surface area contributed by atoms with E-state index in [0.717, 1.165) is 16.5 Å². The first-order chi connectivity index (χ1) is 17.1. The summed E-state index contributed by atoms with van der Waals surface area (Å²) >= 11 is 0. The van der Waals surface area contributed by atoms with Crippen LogP contribution in [0.3, 0.4) is 0 Å². The highest BCUT2D eigenvalue weighted by Crippen LogP contribution is 2.39. The van der Waals surface area contributed by atoms with Gasteiger partial charge in [-0.2, -0.15) is 0 Å². The topological polar surface area (TPSA) is 153 Å². The summed E-state index contributed by atoms with van der Waals surface area (Å²) in [5.41, 5.74) is 2.70. The average molecular weight is 494 g/mol. The molecular weight excluding hydrogens is 466 g/mol. The van der Waals surface area contributed by atoms with Gasteiger partial charge in [0.1, 0.15) is 11.4 Å². The van der Waals surface area contributed by atoms with Gasteiger partial charge in [-0.05, 0) is 26.2 Å². The van der Waals surface area contributed by atoms with Crippen molar-refractivity contribution in [2.24, 2.45) is 0 Å². The molecule has 0 saturated heterocycles. The average Bonchev–Trinajstić information content (AvgIpc) is 3.27. The van der Waals surface area contributed by atoms with Gasteiger partial charge >= 0.3 is 0 Å². The Balaban J connectivity index is 1.69. The number of fused-ring (bicyclic) bond motifs is 1. The number of ether oxygens (including phenoxy) is 1. The normalized spacial score (nSPS) is 11.6. The maximum absolute atomic E-state index is 11.9. The first-order valence-corrected chi connectivity index (χ1v) is 11.0. The Morgan fingerprint density at radius 1 is 1.19 bits per heavy atom. The minimum Gasteiger partial charge on any atom is -0.494 e. The summed E-state index contributed by atoms with van der Waals surface area (Å²) in [4.78, 5) is 26.0. The number of rotatable bonds is 9. The highest BCUT2D eigenvalue weighted by molar-refractivity contribution is 5.94. The van der Waals surface area contributed by atoms with Crippen molar-refractivity contribution in [2.75, 3.05) is 45.0 Å². The third-order valence-corrected chi connectivity index (χ3v) is 5.84. The quantitative estimate of drug-likeness (QED) is 0.155. The molecule has 188 valence electrons. The molecule has 36 heavy (non-hydrogen) atoms. The lowest BCUT2D eigenvalue weighted by molar-refractivity contribution is -0.384. The van der Waals surface area contributed by atoms with Crippen LogP contribution in [0.4, 0.5) is 23.0 Å². The molecule has 2 aromatic carbocycles. The van der Waals surface area contributed by atoms with Gasteiger partial charge in [-0.3, -0.25) is 15.0 Å². The lowest BCUT2D eigenvalue weighted by Crippen LogP contribution is -2.52. The van der Waals surface area contributed by atoms with Crippen molar-refractivity contribution < 1.29 is 19.9 Å². The molecular formula is C24H27N7O5. The molecule has 12 heteroatoms. The summed E-state index contributed by atoms with van der Waals surface area (Å²) in [6.07, 6.45) is 3.46. The smallest absolute Gasteiger partial charge is 0.294 e. The van der Waals surface area contributed by atoms with Crippen LogP contribution in [0.2, 0.25) is 0 Å². The van der Waals surface area contributed by atoms with Crippen molar-refractivity contribution >= 4 is 33.9 Å². The molecule has 0 aliphatic rings. The molecule has 0 atom stereocenters. The second-order valence-electron chi connectivity index (χ2n) is 8.46. The number of aromatic amines is 1. The molecule has 0 amide bonds. The standard InChI is InChI=1S/C24H27N7O5/c1-29(2)24(32,33)14-30(3)20-12-22(36-4)19(11-21(20)31(34)35)28-23-25-10-9-18(27-23)16-13-26-17-8-6-5-7-15(16)17/h5-13,26,32-33H,14H2,1-4H3,(H,25,27,28). The lowest BCUT2D eigenvalue weighted by Gasteiger charge is -2.33. The number of likely N-dealkylation sites (N-methyl/N-ethyl adjacent to an activating group) is 2. The van der Waals surface area contributed by atoms with Gasteiger partial charge in [0.05, 0.1) is 30.0 Å². The fourth-order valence-corrected chi connectivity index (χ4v) is 3.79. The van der Waals surface area contributed by atoms with Crippen LogP contribution < -0.4 is 15.0 Å². The Hall–Kier alpha value is -4.26. The number of nitro groups is 1. The largest absolute Gasteiger partial charge is 0.494 e. The van der Waals surface area contributed by atoms with Crippen molar-refractivity contribution in [2.45, 2.75) is 5.91 Å². The molecule has 4 rings (SSSR count). The molecule has 0 saturated carbocycles. The number of hydrogen-bond donors (Lipinski definition) is 4. The van der Waals surface area contributed by atoms with Gasteiger partial charge < -0.3 is 30.2 Å². The Bertz CT molecular complexity index is 1400. The SMILES string of the molecule is COc1cc(N(C)CC(O)(O)N(C)C)c([N+](=O)[O-])cc1Nc1nccc(-c2c[nH]c3ccccc23)n1. The Morgan fingerprint density at radius 2 is 1.94 bits per heavy atom. The van der Waals surface area contributed by atoms with E-state index in [2.05, 4.69) is 20.3 Å². The maximum Gasteiger partial charge on any atom is 0.294 e. The predicted octanol–water partition coefficient (Wildman–Crippen LogP) is 2.92. The van der Waals surface area contributed by atoms with E-state index in [1.807, 2.05) is 30.5 Å². The highest BCUT2D eigenvalue weighted by atomic mass is 16.6. The zero-order chi connectivity index (χ0) is 26.0. The second kappa shape index (κ2) is 9.77. The fourth-order valence-electron chi connectivity index (χ4n) is 3.79. The molecule has 0 aliphatic carbocycles. The number of benzene rings is 2. The van der Waals surface area contributed by atoms with Crippen LogP contribution >= 0.6 is 0 Å². The molecule has 0 radical (unpaired) electrons. The third kappa shape index (κ3) is 4.91. The van der Waals surface area contributed by atoms with Crippen LogP contribution in [0, 0.1) is 10.1 Å². The van der Waals surface area contributed by atoms with Gasteiger partial charge in [0, 0.05) is 48.0 Å². The third-order valence-electron chi connectivity index (χ3n) is 5.84. The lowest BCUT2D eigenvalue weighted by atomic mass is 10.1. The van der Waals surface area contributed by atoms with Gasteiger partial charge in [-0.15, -0.1) is 0 Å². The second-order valence-corrected chi connectivity index (χ2v) is 8.46. The zero-order valence-corrected chi connectivity index (χ0v) is 20.3. The Labute approximate surface area is 206 Å². The van der Waals surface area contributed by atoms with Crippen LogP contribution in [-0.4, -0.2) is 75.7 Å². The minimum atomic E-state index is -2.20. The summed E-state index contributed by atoms with van der Waals surface area (Å²) in [7, 11) is 5.93. The van der Waals surface area contributed by atoms with E-state index in [4.69, 9.17) is 4.74 Å². The van der Waals surface area contributed by atoms with E-state index in [0.29, 0.717) is 5.69 Å². The van der Waals surface area contributed by atoms with Crippen molar-refractivity contribution in [3.05, 3.63) is 65.0 Å². The van der Waals surface area contributed by atoms with E-state index in [1.165, 1.54) is 50.2 Å². The van der Waals surface area contributed by atoms with Gasteiger partial charge in [-0.25, -0.2) is 9.97 Å². The number of aromatic nitrogens is 3. The number of hydrogen-bond acceptors (Lipinski definition) is 10. The summed E-state index contributed by atoms with van der Waals surface area (Å²) < 4.78 is 5.47. The monoisotopic (exact) mass is 493 g/mol. The first-order valence-electron chi connectivity index (χ1n) is 11.0. The summed E-state index contributed by atoms with van der Waals surface area (Å²) in [6, 6.07) is 12.4. The number of aliphatic hydroxyl groups is 2. The Morgan fingerprint density at radius 3 is 2.64 bits per heavy atom. The van der Waals surface area contributed by atoms with Gasteiger partial charge in [-0.1, -0.05) is 18.2 Å². The summed E-state index contributed by atoms with van der Waals surface area (Å²) in [5.74, 6) is -1.69.